The first-order valence-corrected chi connectivity index (χ1v) is 9.27. The van der Waals surface area contributed by atoms with E-state index in [1.165, 1.54) is 11.3 Å². The monoisotopic (exact) mass is 350 g/mol. The zero-order valence-electron chi connectivity index (χ0n) is 14.7. The van der Waals surface area contributed by atoms with E-state index in [0.717, 1.165) is 31.2 Å². The lowest BCUT2D eigenvalue weighted by Gasteiger charge is -2.28. The molecule has 1 saturated carbocycles. The fourth-order valence-electron chi connectivity index (χ4n) is 4.26. The van der Waals surface area contributed by atoms with Gasteiger partial charge in [0.25, 0.3) is 5.91 Å². The number of urea groups is 1. The van der Waals surface area contributed by atoms with Crippen LogP contribution < -0.4 is 5.32 Å². The number of hydrogen-bond acceptors (Lipinski definition) is 3. The molecule has 0 aromatic carbocycles. The second-order valence-electron chi connectivity index (χ2n) is 7.31. The van der Waals surface area contributed by atoms with Crippen LogP contribution in [0.1, 0.15) is 56.1 Å². The van der Waals surface area contributed by atoms with Crippen molar-refractivity contribution in [1.82, 2.24) is 14.6 Å². The summed E-state index contributed by atoms with van der Waals surface area (Å²) >= 11 is 0. The number of carbonyl (C=O) groups is 2. The molecule has 0 radical (unpaired) electrons. The van der Waals surface area contributed by atoms with Crippen LogP contribution in [0.5, 0.6) is 0 Å². The van der Waals surface area contributed by atoms with Crippen LogP contribution in [0.25, 0.3) is 5.52 Å². The van der Waals surface area contributed by atoms with Gasteiger partial charge in [-0.15, -0.1) is 0 Å². The Hall–Kier alpha value is -2.81. The summed E-state index contributed by atoms with van der Waals surface area (Å²) in [5.41, 5.74) is 1.26. The summed E-state index contributed by atoms with van der Waals surface area (Å²) in [6, 6.07) is 7.50. The normalized spacial score (nSPS) is 20.0. The molecule has 2 aliphatic rings. The van der Waals surface area contributed by atoms with Crippen LogP contribution in [0.2, 0.25) is 0 Å². The minimum Gasteiger partial charge on any atom is -0.323 e. The Morgan fingerprint density at radius 3 is 2.58 bits per heavy atom. The minimum atomic E-state index is -0.747. The summed E-state index contributed by atoms with van der Waals surface area (Å²) in [6.07, 6.45) is 10.4. The molecule has 0 atom stereocenters. The molecule has 1 aliphatic carbocycles. The summed E-state index contributed by atoms with van der Waals surface area (Å²) in [5.74, 6) is -0.136. The molecule has 4 rings (SSSR count). The van der Waals surface area contributed by atoms with Crippen LogP contribution in [0.3, 0.4) is 0 Å². The van der Waals surface area contributed by atoms with Crippen molar-refractivity contribution >= 4 is 17.5 Å². The highest BCUT2D eigenvalue weighted by Gasteiger charge is 2.50. The maximum atomic E-state index is 13.1. The van der Waals surface area contributed by atoms with Gasteiger partial charge < -0.3 is 9.72 Å². The quantitative estimate of drug-likeness (QED) is 0.844. The van der Waals surface area contributed by atoms with Crippen molar-refractivity contribution in [2.24, 2.45) is 0 Å². The highest BCUT2D eigenvalue weighted by Crippen LogP contribution is 2.33. The van der Waals surface area contributed by atoms with E-state index in [2.05, 4.69) is 11.4 Å². The van der Waals surface area contributed by atoms with Crippen LogP contribution >= 0.6 is 0 Å². The van der Waals surface area contributed by atoms with Crippen LogP contribution in [-0.4, -0.2) is 26.8 Å². The molecule has 2 aromatic rings. The number of nitriles is 1. The second-order valence-corrected chi connectivity index (χ2v) is 7.31. The highest BCUT2D eigenvalue weighted by atomic mass is 16.2. The SMILES string of the molecule is N#Cc1c(CN2C(=O)NC3(CCCCCCC3)C2=O)cn2ccccc12. The van der Waals surface area contributed by atoms with E-state index < -0.39 is 5.54 Å². The third-order valence-electron chi connectivity index (χ3n) is 5.66. The van der Waals surface area contributed by atoms with Gasteiger partial charge >= 0.3 is 6.03 Å². The predicted molar refractivity (Wildman–Crippen MR) is 96.2 cm³/mol. The Kier molecular flexibility index (Phi) is 4.15. The third kappa shape index (κ3) is 2.64. The molecule has 1 N–H and O–H groups in total. The van der Waals surface area contributed by atoms with Gasteiger partial charge in [0.1, 0.15) is 11.6 Å². The summed E-state index contributed by atoms with van der Waals surface area (Å²) in [6.45, 7) is 0.136. The van der Waals surface area contributed by atoms with Crippen molar-refractivity contribution in [3.63, 3.8) is 0 Å². The van der Waals surface area contributed by atoms with Crippen molar-refractivity contribution in [3.8, 4) is 6.07 Å². The van der Waals surface area contributed by atoms with E-state index in [-0.39, 0.29) is 18.5 Å². The van der Waals surface area contributed by atoms with E-state index in [4.69, 9.17) is 0 Å². The molecule has 1 aliphatic heterocycles. The van der Waals surface area contributed by atoms with Crippen molar-refractivity contribution in [1.29, 1.82) is 5.26 Å². The number of rotatable bonds is 2. The number of imide groups is 1. The highest BCUT2D eigenvalue weighted by molar-refractivity contribution is 6.07. The zero-order valence-corrected chi connectivity index (χ0v) is 14.7. The number of carbonyl (C=O) groups excluding carboxylic acids is 2. The fraction of sp³-hybridized carbons (Fsp3) is 0.450. The molecule has 2 aromatic heterocycles. The molecule has 3 heterocycles. The number of fused-ring (bicyclic) bond motifs is 1. The maximum Gasteiger partial charge on any atom is 0.325 e. The molecule has 0 bridgehead atoms. The predicted octanol–water partition coefficient (Wildman–Crippen LogP) is 3.35. The summed E-state index contributed by atoms with van der Waals surface area (Å²) in [5, 5.41) is 12.5. The summed E-state index contributed by atoms with van der Waals surface area (Å²) < 4.78 is 1.86. The minimum absolute atomic E-state index is 0.136. The first-order chi connectivity index (χ1) is 12.6. The van der Waals surface area contributed by atoms with Gasteiger partial charge in [-0.3, -0.25) is 9.69 Å². The smallest absolute Gasteiger partial charge is 0.323 e. The van der Waals surface area contributed by atoms with Crippen molar-refractivity contribution in [3.05, 3.63) is 41.7 Å². The molecule has 1 spiro atoms. The number of nitrogens with zero attached hydrogens (tertiary/aromatic N) is 3. The topological polar surface area (TPSA) is 77.6 Å². The van der Waals surface area contributed by atoms with Gasteiger partial charge in [-0.25, -0.2) is 4.79 Å². The standard InChI is InChI=1S/C20H22N4O2/c21-12-16-15(13-23-11-7-4-8-17(16)23)14-24-18(25)20(22-19(24)26)9-5-2-1-3-6-10-20/h4,7-8,11,13H,1-3,5-6,9-10,14H2,(H,22,26). The lowest BCUT2D eigenvalue weighted by molar-refractivity contribution is -0.132. The average Bonchev–Trinajstić information content (AvgIpc) is 3.08. The van der Waals surface area contributed by atoms with Crippen LogP contribution in [0.15, 0.2) is 30.6 Å². The third-order valence-corrected chi connectivity index (χ3v) is 5.66. The molecular weight excluding hydrogens is 328 g/mol. The number of hydrogen-bond donors (Lipinski definition) is 1. The van der Waals surface area contributed by atoms with E-state index >= 15 is 0 Å². The number of nitrogens with one attached hydrogen (secondary N) is 1. The number of amides is 3. The maximum absolute atomic E-state index is 13.1. The van der Waals surface area contributed by atoms with Gasteiger partial charge in [0.05, 0.1) is 17.6 Å². The summed E-state index contributed by atoms with van der Waals surface area (Å²) in [7, 11) is 0. The van der Waals surface area contributed by atoms with Gasteiger partial charge in [0, 0.05) is 18.0 Å². The Bertz CT molecular complexity index is 900. The Labute approximate surface area is 152 Å². The molecular formula is C20H22N4O2. The Balaban J connectivity index is 1.64. The van der Waals surface area contributed by atoms with Crippen LogP contribution in [0, 0.1) is 11.3 Å². The molecule has 26 heavy (non-hydrogen) atoms. The number of aromatic nitrogens is 1. The first-order valence-electron chi connectivity index (χ1n) is 9.27. The summed E-state index contributed by atoms with van der Waals surface area (Å²) in [4.78, 5) is 27.0. The van der Waals surface area contributed by atoms with E-state index in [0.29, 0.717) is 24.0 Å². The second kappa shape index (κ2) is 6.49. The fourth-order valence-corrected chi connectivity index (χ4v) is 4.26. The van der Waals surface area contributed by atoms with Gasteiger partial charge in [0.15, 0.2) is 0 Å². The van der Waals surface area contributed by atoms with Crippen molar-refractivity contribution < 1.29 is 9.59 Å². The van der Waals surface area contributed by atoms with E-state index in [1.807, 2.05) is 35.0 Å². The molecule has 134 valence electrons. The lowest BCUT2D eigenvalue weighted by atomic mass is 9.84. The Morgan fingerprint density at radius 1 is 1.12 bits per heavy atom. The first kappa shape index (κ1) is 16.6. The van der Waals surface area contributed by atoms with E-state index in [9.17, 15) is 14.9 Å². The van der Waals surface area contributed by atoms with Crippen molar-refractivity contribution in [2.45, 2.75) is 57.0 Å². The largest absolute Gasteiger partial charge is 0.325 e. The van der Waals surface area contributed by atoms with Crippen LogP contribution in [-0.2, 0) is 11.3 Å². The molecule has 6 heteroatoms. The lowest BCUT2D eigenvalue weighted by Crippen LogP contribution is -2.47. The Morgan fingerprint density at radius 2 is 1.85 bits per heavy atom. The number of pyridine rings is 1. The molecule has 2 fully saturated rings. The molecule has 6 nitrogen and oxygen atoms in total. The van der Waals surface area contributed by atoms with Crippen molar-refractivity contribution in [2.75, 3.05) is 0 Å². The molecule has 3 amide bonds. The van der Waals surface area contributed by atoms with E-state index in [1.54, 1.807) is 0 Å². The molecule has 0 unspecified atom stereocenters. The van der Waals surface area contributed by atoms with Gasteiger partial charge in [-0.2, -0.15) is 5.26 Å². The van der Waals surface area contributed by atoms with Crippen LogP contribution in [0.4, 0.5) is 4.79 Å². The van der Waals surface area contributed by atoms with Gasteiger partial charge in [-0.1, -0.05) is 38.2 Å². The van der Waals surface area contributed by atoms with Gasteiger partial charge in [0.2, 0.25) is 0 Å². The zero-order chi connectivity index (χ0) is 18.1. The average molecular weight is 350 g/mol. The molecule has 1 saturated heterocycles. The van der Waals surface area contributed by atoms with Gasteiger partial charge in [-0.05, 0) is 25.0 Å².